The number of hydrogen-bond donors (Lipinski definition) is 2. The summed E-state index contributed by atoms with van der Waals surface area (Å²) < 4.78 is 5.28. The van der Waals surface area contributed by atoms with E-state index in [1.54, 1.807) is 19.1 Å². The lowest BCUT2D eigenvalue weighted by Crippen LogP contribution is -2.05. The number of nitrogens with two attached hydrogens (primary N) is 1. The van der Waals surface area contributed by atoms with Crippen LogP contribution in [0.3, 0.4) is 0 Å². The molecule has 80 valence electrons. The molecule has 0 saturated carbocycles. The third-order valence-corrected chi connectivity index (χ3v) is 1.71. The maximum Gasteiger partial charge on any atom is 0.339 e. The number of hydrogen-bond acceptors (Lipinski definition) is 3. The first kappa shape index (κ1) is 11.1. The van der Waals surface area contributed by atoms with Crippen molar-refractivity contribution in [3.05, 3.63) is 35.9 Å². The van der Waals surface area contributed by atoms with Crippen LogP contribution in [0, 0.1) is 0 Å². The summed E-state index contributed by atoms with van der Waals surface area (Å²) in [5.74, 6) is -0.751. The molecule has 0 aliphatic heterocycles. The van der Waals surface area contributed by atoms with Crippen molar-refractivity contribution in [2.24, 2.45) is 0 Å². The Morgan fingerprint density at radius 1 is 1.60 bits per heavy atom. The molecule has 0 unspecified atom stereocenters. The Morgan fingerprint density at radius 2 is 2.27 bits per heavy atom. The van der Waals surface area contributed by atoms with Crippen molar-refractivity contribution in [3.8, 4) is 5.75 Å². The average molecular weight is 207 g/mol. The van der Waals surface area contributed by atoms with Crippen molar-refractivity contribution in [3.63, 3.8) is 0 Å². The van der Waals surface area contributed by atoms with Crippen molar-refractivity contribution in [1.29, 1.82) is 0 Å². The van der Waals surface area contributed by atoms with E-state index in [9.17, 15) is 4.79 Å². The minimum Gasteiger partial charge on any atom is -0.488 e. The molecule has 4 heteroatoms. The van der Waals surface area contributed by atoms with Crippen LogP contribution in [0.15, 0.2) is 30.4 Å². The number of carboxylic acids is 1. The first-order chi connectivity index (χ1) is 7.00. The van der Waals surface area contributed by atoms with Crippen molar-refractivity contribution >= 4 is 11.7 Å². The van der Waals surface area contributed by atoms with Gasteiger partial charge in [0.2, 0.25) is 0 Å². The summed E-state index contributed by atoms with van der Waals surface area (Å²) in [5.41, 5.74) is 6.77. The quantitative estimate of drug-likeness (QED) is 0.584. The van der Waals surface area contributed by atoms with Gasteiger partial charge in [-0.3, -0.25) is 0 Å². The minimum atomic E-state index is -1.06. The van der Waals surface area contributed by atoms with Crippen LogP contribution in [-0.2, 0) is 0 Å². The zero-order chi connectivity index (χ0) is 11.4. The molecular formula is C11H13NO3. The lowest BCUT2D eigenvalue weighted by molar-refractivity contribution is 0.0692. The van der Waals surface area contributed by atoms with Crippen LogP contribution in [0.5, 0.6) is 5.75 Å². The second kappa shape index (κ2) is 4.50. The molecule has 0 bridgehead atoms. The van der Waals surface area contributed by atoms with E-state index < -0.39 is 5.97 Å². The van der Waals surface area contributed by atoms with Gasteiger partial charge in [-0.2, -0.15) is 0 Å². The highest BCUT2D eigenvalue weighted by atomic mass is 16.5. The first-order valence-corrected chi connectivity index (χ1v) is 4.40. The highest BCUT2D eigenvalue weighted by Gasteiger charge is 2.11. The number of carboxylic acid groups (broad SMARTS) is 1. The lowest BCUT2D eigenvalue weighted by atomic mass is 10.2. The molecule has 1 rings (SSSR count). The standard InChI is InChI=1S/C11H13NO3/c1-7(2)6-15-10-4-3-8(12)5-9(10)11(13)14/h3-5H,1,6,12H2,2H3,(H,13,14). The van der Waals surface area contributed by atoms with Gasteiger partial charge in [0, 0.05) is 5.69 Å². The van der Waals surface area contributed by atoms with Crippen LogP contribution < -0.4 is 10.5 Å². The highest BCUT2D eigenvalue weighted by Crippen LogP contribution is 2.21. The number of anilines is 1. The van der Waals surface area contributed by atoms with Gasteiger partial charge in [0.1, 0.15) is 17.9 Å². The van der Waals surface area contributed by atoms with E-state index in [-0.39, 0.29) is 5.56 Å². The predicted octanol–water partition coefficient (Wildman–Crippen LogP) is 1.92. The number of rotatable bonds is 4. The summed E-state index contributed by atoms with van der Waals surface area (Å²) in [6.07, 6.45) is 0. The zero-order valence-corrected chi connectivity index (χ0v) is 8.49. The van der Waals surface area contributed by atoms with E-state index in [2.05, 4.69) is 6.58 Å². The molecule has 0 spiro atoms. The Labute approximate surface area is 88.0 Å². The number of benzene rings is 1. The maximum atomic E-state index is 10.9. The Balaban J connectivity index is 2.95. The Hall–Kier alpha value is -1.97. The van der Waals surface area contributed by atoms with Gasteiger partial charge in [-0.05, 0) is 30.7 Å². The molecule has 0 saturated heterocycles. The number of ether oxygens (including phenoxy) is 1. The molecule has 0 aliphatic carbocycles. The van der Waals surface area contributed by atoms with Gasteiger partial charge in [0.25, 0.3) is 0 Å². The molecule has 15 heavy (non-hydrogen) atoms. The average Bonchev–Trinajstić information content (AvgIpc) is 2.15. The van der Waals surface area contributed by atoms with E-state index in [1.807, 2.05) is 0 Å². The molecule has 1 aromatic carbocycles. The third-order valence-electron chi connectivity index (χ3n) is 1.71. The Bertz CT molecular complexity index is 399. The topological polar surface area (TPSA) is 72.5 Å². The summed E-state index contributed by atoms with van der Waals surface area (Å²) in [6, 6.07) is 4.51. The van der Waals surface area contributed by atoms with E-state index in [4.69, 9.17) is 15.6 Å². The smallest absolute Gasteiger partial charge is 0.339 e. The second-order valence-corrected chi connectivity index (χ2v) is 3.31. The van der Waals surface area contributed by atoms with Crippen LogP contribution in [0.1, 0.15) is 17.3 Å². The third kappa shape index (κ3) is 3.02. The van der Waals surface area contributed by atoms with Crippen LogP contribution in [0.25, 0.3) is 0 Å². The fourth-order valence-corrected chi connectivity index (χ4v) is 1.04. The van der Waals surface area contributed by atoms with E-state index in [0.29, 0.717) is 18.0 Å². The SMILES string of the molecule is C=C(C)COc1ccc(N)cc1C(=O)O. The molecule has 0 radical (unpaired) electrons. The fraction of sp³-hybridized carbons (Fsp3) is 0.182. The maximum absolute atomic E-state index is 10.9. The predicted molar refractivity (Wildman–Crippen MR) is 58.1 cm³/mol. The number of aromatic carboxylic acids is 1. The molecule has 0 amide bonds. The van der Waals surface area contributed by atoms with E-state index in [0.717, 1.165) is 5.57 Å². The molecule has 0 atom stereocenters. The molecule has 4 nitrogen and oxygen atoms in total. The van der Waals surface area contributed by atoms with Gasteiger partial charge in [-0.15, -0.1) is 0 Å². The van der Waals surface area contributed by atoms with Gasteiger partial charge in [0.05, 0.1) is 0 Å². The fourth-order valence-electron chi connectivity index (χ4n) is 1.04. The molecular weight excluding hydrogens is 194 g/mol. The van der Waals surface area contributed by atoms with Gasteiger partial charge < -0.3 is 15.6 Å². The first-order valence-electron chi connectivity index (χ1n) is 4.40. The summed E-state index contributed by atoms with van der Waals surface area (Å²) in [5, 5.41) is 8.90. The highest BCUT2D eigenvalue weighted by molar-refractivity contribution is 5.92. The summed E-state index contributed by atoms with van der Waals surface area (Å²) in [6.45, 7) is 5.76. The van der Waals surface area contributed by atoms with Crippen LogP contribution in [0.4, 0.5) is 5.69 Å². The van der Waals surface area contributed by atoms with Crippen LogP contribution >= 0.6 is 0 Å². The van der Waals surface area contributed by atoms with E-state index in [1.165, 1.54) is 6.07 Å². The van der Waals surface area contributed by atoms with Crippen molar-refractivity contribution in [2.75, 3.05) is 12.3 Å². The van der Waals surface area contributed by atoms with Crippen molar-refractivity contribution in [2.45, 2.75) is 6.92 Å². The largest absolute Gasteiger partial charge is 0.488 e. The van der Waals surface area contributed by atoms with Crippen molar-refractivity contribution in [1.82, 2.24) is 0 Å². The number of nitrogen functional groups attached to an aromatic ring is 1. The van der Waals surface area contributed by atoms with E-state index >= 15 is 0 Å². The Kier molecular flexibility index (Phi) is 3.33. The Morgan fingerprint density at radius 3 is 2.80 bits per heavy atom. The molecule has 0 aromatic heterocycles. The molecule has 1 aromatic rings. The molecule has 3 N–H and O–H groups in total. The van der Waals surface area contributed by atoms with Gasteiger partial charge in [-0.1, -0.05) is 6.58 Å². The normalized spacial score (nSPS) is 9.67. The molecule has 0 heterocycles. The van der Waals surface area contributed by atoms with Gasteiger partial charge in [0.15, 0.2) is 0 Å². The van der Waals surface area contributed by atoms with Crippen molar-refractivity contribution < 1.29 is 14.6 Å². The number of carbonyl (C=O) groups is 1. The van der Waals surface area contributed by atoms with Crippen LogP contribution in [0.2, 0.25) is 0 Å². The summed E-state index contributed by atoms with van der Waals surface area (Å²) in [7, 11) is 0. The van der Waals surface area contributed by atoms with Crippen LogP contribution in [-0.4, -0.2) is 17.7 Å². The summed E-state index contributed by atoms with van der Waals surface area (Å²) in [4.78, 5) is 10.9. The molecule has 0 fully saturated rings. The second-order valence-electron chi connectivity index (χ2n) is 3.31. The van der Waals surface area contributed by atoms with Gasteiger partial charge >= 0.3 is 5.97 Å². The van der Waals surface area contributed by atoms with Gasteiger partial charge in [-0.25, -0.2) is 4.79 Å². The zero-order valence-electron chi connectivity index (χ0n) is 8.49. The summed E-state index contributed by atoms with van der Waals surface area (Å²) >= 11 is 0. The minimum absolute atomic E-state index is 0.0660. The lowest BCUT2D eigenvalue weighted by Gasteiger charge is -2.09. The molecule has 0 aliphatic rings. The monoisotopic (exact) mass is 207 g/mol.